The van der Waals surface area contributed by atoms with Crippen molar-refractivity contribution in [3.8, 4) is 0 Å². The summed E-state index contributed by atoms with van der Waals surface area (Å²) in [7, 11) is 0. The lowest BCUT2D eigenvalue weighted by Gasteiger charge is -2.38. The van der Waals surface area contributed by atoms with Crippen LogP contribution in [0.4, 0.5) is 0 Å². The first-order chi connectivity index (χ1) is 10.1. The number of piperazine rings is 1. The summed E-state index contributed by atoms with van der Waals surface area (Å²) >= 11 is 0. The molecule has 21 heavy (non-hydrogen) atoms. The number of hydrogen-bond donors (Lipinski definition) is 1. The van der Waals surface area contributed by atoms with Gasteiger partial charge in [0.1, 0.15) is 6.54 Å². The Kier molecular flexibility index (Phi) is 5.17. The second-order valence-corrected chi connectivity index (χ2v) is 5.58. The van der Waals surface area contributed by atoms with E-state index in [1.165, 1.54) is 9.80 Å². The highest BCUT2D eigenvalue weighted by atomic mass is 16.2. The smallest absolute Gasteiger partial charge is 0.312 e. The van der Waals surface area contributed by atoms with Gasteiger partial charge in [0.15, 0.2) is 0 Å². The van der Waals surface area contributed by atoms with E-state index in [2.05, 4.69) is 0 Å². The first-order valence-corrected chi connectivity index (χ1v) is 7.66. The zero-order chi connectivity index (χ0) is 15.4. The molecule has 0 saturated carbocycles. The average Bonchev–Trinajstić information content (AvgIpc) is 2.52. The van der Waals surface area contributed by atoms with Crippen molar-refractivity contribution in [1.29, 1.82) is 0 Å². The number of rotatable bonds is 4. The Hall–Kier alpha value is -1.63. The van der Waals surface area contributed by atoms with E-state index in [0.29, 0.717) is 32.7 Å². The highest BCUT2D eigenvalue weighted by Gasteiger charge is 2.34. The Morgan fingerprint density at radius 2 is 1.81 bits per heavy atom. The van der Waals surface area contributed by atoms with Crippen molar-refractivity contribution in [2.75, 3.05) is 39.3 Å². The molecule has 1 unspecified atom stereocenters. The van der Waals surface area contributed by atoms with Gasteiger partial charge in [0.05, 0.1) is 0 Å². The maximum absolute atomic E-state index is 12.4. The topological polar surface area (TPSA) is 86.9 Å². The number of likely N-dealkylation sites (tertiary alicyclic amines) is 1. The van der Waals surface area contributed by atoms with Crippen molar-refractivity contribution in [3.05, 3.63) is 0 Å². The molecule has 2 N–H and O–H groups in total. The van der Waals surface area contributed by atoms with Gasteiger partial charge in [0.25, 0.3) is 0 Å². The molecular formula is C14H24N4O3. The van der Waals surface area contributed by atoms with E-state index in [0.717, 1.165) is 19.3 Å². The zero-order valence-electron chi connectivity index (χ0n) is 12.6. The van der Waals surface area contributed by atoms with Gasteiger partial charge in [-0.3, -0.25) is 14.4 Å². The maximum atomic E-state index is 12.4. The van der Waals surface area contributed by atoms with Crippen LogP contribution in [0.3, 0.4) is 0 Å². The summed E-state index contributed by atoms with van der Waals surface area (Å²) in [6, 6.07) is 0.0639. The molecule has 7 heteroatoms. The predicted molar refractivity (Wildman–Crippen MR) is 77.2 cm³/mol. The van der Waals surface area contributed by atoms with Gasteiger partial charge >= 0.3 is 11.8 Å². The van der Waals surface area contributed by atoms with E-state index >= 15 is 0 Å². The summed E-state index contributed by atoms with van der Waals surface area (Å²) in [5, 5.41) is 0. The fourth-order valence-corrected chi connectivity index (χ4v) is 3.00. The highest BCUT2D eigenvalue weighted by Crippen LogP contribution is 2.17. The largest absolute Gasteiger partial charge is 0.337 e. The van der Waals surface area contributed by atoms with E-state index < -0.39 is 11.8 Å². The summed E-state index contributed by atoms with van der Waals surface area (Å²) in [6.07, 6.45) is 2.97. The first kappa shape index (κ1) is 15.8. The number of carbonyl (C=O) groups excluding carboxylic acids is 3. The minimum Gasteiger partial charge on any atom is -0.337 e. The second-order valence-electron chi connectivity index (χ2n) is 5.58. The molecular weight excluding hydrogens is 272 g/mol. The molecule has 3 amide bonds. The number of piperidine rings is 1. The number of carbonyl (C=O) groups is 3. The molecule has 118 valence electrons. The van der Waals surface area contributed by atoms with Crippen LogP contribution in [0.15, 0.2) is 0 Å². The summed E-state index contributed by atoms with van der Waals surface area (Å²) < 4.78 is 0. The third kappa shape index (κ3) is 3.34. The number of nitrogens with two attached hydrogens (primary N) is 1. The van der Waals surface area contributed by atoms with Crippen LogP contribution in [-0.4, -0.2) is 77.7 Å². The lowest BCUT2D eigenvalue weighted by Crippen LogP contribution is -2.58. The molecule has 1 atom stereocenters. The Bertz CT molecular complexity index is 426. The molecule has 0 aliphatic carbocycles. The summed E-state index contributed by atoms with van der Waals surface area (Å²) in [4.78, 5) is 40.9. The van der Waals surface area contributed by atoms with Crippen LogP contribution in [-0.2, 0) is 14.4 Å². The summed E-state index contributed by atoms with van der Waals surface area (Å²) in [5.74, 6) is -1.18. The average molecular weight is 296 g/mol. The van der Waals surface area contributed by atoms with Gasteiger partial charge in [-0.25, -0.2) is 0 Å². The molecule has 2 aliphatic rings. The SMILES string of the molecule is CCN1CCN(CC(=O)N2CCCCC2CN)C(=O)C1=O. The second kappa shape index (κ2) is 6.89. The van der Waals surface area contributed by atoms with Crippen molar-refractivity contribution in [3.63, 3.8) is 0 Å². The fourth-order valence-electron chi connectivity index (χ4n) is 3.00. The molecule has 2 aliphatic heterocycles. The van der Waals surface area contributed by atoms with Crippen LogP contribution in [0.1, 0.15) is 26.2 Å². The molecule has 0 aromatic heterocycles. The van der Waals surface area contributed by atoms with E-state index in [1.54, 1.807) is 4.90 Å². The lowest BCUT2D eigenvalue weighted by atomic mass is 10.0. The van der Waals surface area contributed by atoms with E-state index in [1.807, 2.05) is 6.92 Å². The third-order valence-electron chi connectivity index (χ3n) is 4.32. The predicted octanol–water partition coefficient (Wildman–Crippen LogP) is -0.983. The molecule has 2 saturated heterocycles. The maximum Gasteiger partial charge on any atom is 0.312 e. The lowest BCUT2D eigenvalue weighted by molar-refractivity contribution is -0.158. The molecule has 2 fully saturated rings. The summed E-state index contributed by atoms with van der Waals surface area (Å²) in [5.41, 5.74) is 5.71. The van der Waals surface area contributed by atoms with Crippen molar-refractivity contribution in [2.45, 2.75) is 32.2 Å². The normalized spacial score (nSPS) is 23.7. The highest BCUT2D eigenvalue weighted by molar-refractivity contribution is 6.35. The monoisotopic (exact) mass is 296 g/mol. The fraction of sp³-hybridized carbons (Fsp3) is 0.786. The van der Waals surface area contributed by atoms with Crippen molar-refractivity contribution in [1.82, 2.24) is 14.7 Å². The molecule has 0 spiro atoms. The van der Waals surface area contributed by atoms with Gasteiger partial charge in [-0.05, 0) is 26.2 Å². The number of nitrogens with zero attached hydrogens (tertiary/aromatic N) is 3. The summed E-state index contributed by atoms with van der Waals surface area (Å²) in [6.45, 7) is 4.40. The van der Waals surface area contributed by atoms with Crippen LogP contribution < -0.4 is 5.73 Å². The zero-order valence-corrected chi connectivity index (χ0v) is 12.6. The number of likely N-dealkylation sites (N-methyl/N-ethyl adjacent to an activating group) is 1. The minimum atomic E-state index is -0.572. The van der Waals surface area contributed by atoms with Gasteiger partial charge in [-0.2, -0.15) is 0 Å². The van der Waals surface area contributed by atoms with Gasteiger partial charge in [-0.1, -0.05) is 0 Å². The molecule has 7 nitrogen and oxygen atoms in total. The van der Waals surface area contributed by atoms with Gasteiger partial charge in [0, 0.05) is 38.8 Å². The number of hydrogen-bond acceptors (Lipinski definition) is 4. The molecule has 0 aromatic carbocycles. The van der Waals surface area contributed by atoms with Gasteiger partial charge in [0.2, 0.25) is 5.91 Å². The van der Waals surface area contributed by atoms with E-state index in [9.17, 15) is 14.4 Å². The quantitative estimate of drug-likeness (QED) is 0.675. The van der Waals surface area contributed by atoms with Gasteiger partial charge in [-0.15, -0.1) is 0 Å². The van der Waals surface area contributed by atoms with Crippen LogP contribution in [0, 0.1) is 0 Å². The number of amides is 3. The standard InChI is InChI=1S/C14H24N4O3/c1-2-16-7-8-17(14(21)13(16)20)10-12(19)18-6-4-3-5-11(18)9-15/h11H,2-10,15H2,1H3. The van der Waals surface area contributed by atoms with Crippen LogP contribution in [0.5, 0.6) is 0 Å². The van der Waals surface area contributed by atoms with E-state index in [4.69, 9.17) is 5.73 Å². The van der Waals surface area contributed by atoms with Crippen molar-refractivity contribution >= 4 is 17.7 Å². The molecule has 0 radical (unpaired) electrons. The van der Waals surface area contributed by atoms with Crippen molar-refractivity contribution in [2.24, 2.45) is 5.73 Å². The first-order valence-electron chi connectivity index (χ1n) is 7.66. The molecule has 2 heterocycles. The molecule has 2 rings (SSSR count). The Balaban J connectivity index is 1.96. The minimum absolute atomic E-state index is 0.0153. The van der Waals surface area contributed by atoms with Crippen LogP contribution in [0.25, 0.3) is 0 Å². The Labute approximate surface area is 125 Å². The van der Waals surface area contributed by atoms with Crippen LogP contribution in [0.2, 0.25) is 0 Å². The Morgan fingerprint density at radius 3 is 2.48 bits per heavy atom. The molecule has 0 bridgehead atoms. The third-order valence-corrected chi connectivity index (χ3v) is 4.32. The van der Waals surface area contributed by atoms with Crippen LogP contribution >= 0.6 is 0 Å². The van der Waals surface area contributed by atoms with Crippen molar-refractivity contribution < 1.29 is 14.4 Å². The molecule has 0 aromatic rings. The van der Waals surface area contributed by atoms with E-state index in [-0.39, 0.29) is 18.5 Å². The van der Waals surface area contributed by atoms with Gasteiger partial charge < -0.3 is 20.4 Å². The Morgan fingerprint density at radius 1 is 1.14 bits per heavy atom.